The van der Waals surface area contributed by atoms with Crippen LogP contribution in [-0.4, -0.2) is 25.0 Å². The summed E-state index contributed by atoms with van der Waals surface area (Å²) in [6.45, 7) is 0. The van der Waals surface area contributed by atoms with Crippen molar-refractivity contribution in [3.63, 3.8) is 0 Å². The van der Waals surface area contributed by atoms with E-state index in [9.17, 15) is 4.79 Å². The largest absolute Gasteiger partial charge is 0.497 e. The zero-order chi connectivity index (χ0) is 19.5. The number of ketones is 1. The number of furan rings is 1. The summed E-state index contributed by atoms with van der Waals surface area (Å²) in [4.78, 5) is 16.9. The SMILES string of the molecule is COc1ccc(C(=O)Cc2ccc(-c3cc4cccnc4o3)cc2)c(OC)c1. The summed E-state index contributed by atoms with van der Waals surface area (Å²) >= 11 is 0. The van der Waals surface area contributed by atoms with Gasteiger partial charge >= 0.3 is 0 Å². The molecule has 4 rings (SSSR count). The van der Waals surface area contributed by atoms with Gasteiger partial charge in [-0.25, -0.2) is 4.98 Å². The van der Waals surface area contributed by atoms with E-state index in [0.717, 1.165) is 22.3 Å². The van der Waals surface area contributed by atoms with Gasteiger partial charge < -0.3 is 13.9 Å². The predicted molar refractivity (Wildman–Crippen MR) is 107 cm³/mol. The van der Waals surface area contributed by atoms with Gasteiger partial charge in [0.05, 0.1) is 19.8 Å². The second-order valence-corrected chi connectivity index (χ2v) is 6.37. The standard InChI is InChI=1S/C23H19NO4/c1-26-18-9-10-19(22(14-18)27-2)20(25)12-15-5-7-16(8-6-15)21-13-17-4-3-11-24-23(17)28-21/h3-11,13-14H,12H2,1-2H3. The smallest absolute Gasteiger partial charge is 0.226 e. The third-order valence-electron chi connectivity index (χ3n) is 4.61. The molecule has 2 aromatic heterocycles. The number of hydrogen-bond donors (Lipinski definition) is 0. The Morgan fingerprint density at radius 1 is 1.00 bits per heavy atom. The number of pyridine rings is 1. The topological polar surface area (TPSA) is 61.6 Å². The number of benzene rings is 2. The third kappa shape index (κ3) is 3.47. The normalized spacial score (nSPS) is 10.8. The molecule has 0 unspecified atom stereocenters. The van der Waals surface area contributed by atoms with Crippen LogP contribution in [0.15, 0.2) is 71.3 Å². The predicted octanol–water partition coefficient (Wildman–Crippen LogP) is 4.94. The molecule has 2 aromatic carbocycles. The number of rotatable bonds is 6. The molecule has 0 N–H and O–H groups in total. The molecule has 0 fully saturated rings. The molecular formula is C23H19NO4. The Morgan fingerprint density at radius 3 is 2.54 bits per heavy atom. The molecule has 0 saturated heterocycles. The lowest BCUT2D eigenvalue weighted by atomic mass is 10.0. The van der Waals surface area contributed by atoms with E-state index in [-0.39, 0.29) is 12.2 Å². The van der Waals surface area contributed by atoms with Crippen molar-refractivity contribution in [2.24, 2.45) is 0 Å². The molecule has 2 heterocycles. The first-order chi connectivity index (χ1) is 13.7. The fourth-order valence-electron chi connectivity index (χ4n) is 3.11. The molecule has 0 bridgehead atoms. The lowest BCUT2D eigenvalue weighted by molar-refractivity contribution is 0.0990. The van der Waals surface area contributed by atoms with Crippen LogP contribution in [0, 0.1) is 0 Å². The number of methoxy groups -OCH3 is 2. The number of nitrogens with zero attached hydrogens (tertiary/aromatic N) is 1. The van der Waals surface area contributed by atoms with E-state index in [1.807, 2.05) is 42.5 Å². The van der Waals surface area contributed by atoms with Crippen molar-refractivity contribution in [1.82, 2.24) is 4.98 Å². The van der Waals surface area contributed by atoms with Crippen LogP contribution in [0.5, 0.6) is 11.5 Å². The molecule has 28 heavy (non-hydrogen) atoms. The fraction of sp³-hybridized carbons (Fsp3) is 0.130. The summed E-state index contributed by atoms with van der Waals surface area (Å²) in [5.41, 5.74) is 3.01. The summed E-state index contributed by atoms with van der Waals surface area (Å²) in [6, 6.07) is 18.8. The van der Waals surface area contributed by atoms with Gasteiger partial charge in [-0.3, -0.25) is 4.79 Å². The Morgan fingerprint density at radius 2 is 1.82 bits per heavy atom. The van der Waals surface area contributed by atoms with E-state index in [1.54, 1.807) is 38.6 Å². The van der Waals surface area contributed by atoms with Gasteiger partial charge in [-0.2, -0.15) is 0 Å². The molecule has 5 heteroatoms. The monoisotopic (exact) mass is 373 g/mol. The maximum absolute atomic E-state index is 12.7. The van der Waals surface area contributed by atoms with Crippen molar-refractivity contribution >= 4 is 16.9 Å². The number of fused-ring (bicyclic) bond motifs is 1. The van der Waals surface area contributed by atoms with Crippen LogP contribution in [0.4, 0.5) is 0 Å². The summed E-state index contributed by atoms with van der Waals surface area (Å²) in [5.74, 6) is 1.90. The fourth-order valence-corrected chi connectivity index (χ4v) is 3.11. The average molecular weight is 373 g/mol. The van der Waals surface area contributed by atoms with E-state index in [2.05, 4.69) is 4.98 Å². The van der Waals surface area contributed by atoms with Crippen LogP contribution in [0.3, 0.4) is 0 Å². The average Bonchev–Trinajstić information content (AvgIpc) is 3.18. The van der Waals surface area contributed by atoms with Crippen LogP contribution in [0.1, 0.15) is 15.9 Å². The zero-order valence-electron chi connectivity index (χ0n) is 15.6. The molecule has 0 radical (unpaired) electrons. The van der Waals surface area contributed by atoms with Crippen molar-refractivity contribution in [3.05, 3.63) is 78.0 Å². The molecule has 0 aliphatic rings. The van der Waals surface area contributed by atoms with Crippen molar-refractivity contribution in [1.29, 1.82) is 0 Å². The van der Waals surface area contributed by atoms with Gasteiger partial charge in [-0.1, -0.05) is 24.3 Å². The van der Waals surface area contributed by atoms with Gasteiger partial charge in [0.15, 0.2) is 5.78 Å². The molecule has 4 aromatic rings. The Hall–Kier alpha value is -3.60. The minimum atomic E-state index is -0.0137. The van der Waals surface area contributed by atoms with Gasteiger partial charge in [0, 0.05) is 29.6 Å². The number of ether oxygens (including phenoxy) is 2. The lowest BCUT2D eigenvalue weighted by Crippen LogP contribution is -2.06. The summed E-state index contributed by atoms with van der Waals surface area (Å²) in [5, 5.41) is 0.961. The second-order valence-electron chi connectivity index (χ2n) is 6.37. The van der Waals surface area contributed by atoms with Crippen molar-refractivity contribution in [2.45, 2.75) is 6.42 Å². The minimum absolute atomic E-state index is 0.0137. The second kappa shape index (κ2) is 7.56. The first-order valence-corrected chi connectivity index (χ1v) is 8.87. The minimum Gasteiger partial charge on any atom is -0.497 e. The number of aromatic nitrogens is 1. The Balaban J connectivity index is 1.54. The van der Waals surface area contributed by atoms with Gasteiger partial charge in [-0.05, 0) is 35.9 Å². The van der Waals surface area contributed by atoms with E-state index in [1.165, 1.54) is 0 Å². The van der Waals surface area contributed by atoms with E-state index in [4.69, 9.17) is 13.9 Å². The maximum atomic E-state index is 12.7. The molecule has 0 amide bonds. The number of carbonyl (C=O) groups excluding carboxylic acids is 1. The van der Waals surface area contributed by atoms with Crippen LogP contribution in [0.2, 0.25) is 0 Å². The Kier molecular flexibility index (Phi) is 4.81. The Labute approximate surface area is 162 Å². The van der Waals surface area contributed by atoms with Gasteiger partial charge in [0.1, 0.15) is 17.3 Å². The van der Waals surface area contributed by atoms with Crippen LogP contribution < -0.4 is 9.47 Å². The third-order valence-corrected chi connectivity index (χ3v) is 4.61. The number of Topliss-reactive ketones (excluding diaryl/α,β-unsaturated/α-hetero) is 1. The molecule has 0 aliphatic heterocycles. The molecule has 0 saturated carbocycles. The molecule has 5 nitrogen and oxygen atoms in total. The van der Waals surface area contributed by atoms with Crippen molar-refractivity contribution in [3.8, 4) is 22.8 Å². The van der Waals surface area contributed by atoms with Crippen LogP contribution in [-0.2, 0) is 6.42 Å². The molecule has 0 spiro atoms. The molecule has 0 atom stereocenters. The van der Waals surface area contributed by atoms with Gasteiger partial charge in [0.2, 0.25) is 5.71 Å². The summed E-state index contributed by atoms with van der Waals surface area (Å²) in [6.07, 6.45) is 1.99. The number of carbonyl (C=O) groups is 1. The quantitative estimate of drug-likeness (QED) is 0.448. The van der Waals surface area contributed by atoms with Crippen molar-refractivity contribution in [2.75, 3.05) is 14.2 Å². The first kappa shape index (κ1) is 17.8. The van der Waals surface area contributed by atoms with E-state index in [0.29, 0.717) is 22.8 Å². The maximum Gasteiger partial charge on any atom is 0.226 e. The molecule has 140 valence electrons. The Bertz CT molecular complexity index is 1100. The van der Waals surface area contributed by atoms with E-state index < -0.39 is 0 Å². The van der Waals surface area contributed by atoms with Crippen LogP contribution in [0.25, 0.3) is 22.4 Å². The molecular weight excluding hydrogens is 354 g/mol. The van der Waals surface area contributed by atoms with Crippen molar-refractivity contribution < 1.29 is 18.7 Å². The van der Waals surface area contributed by atoms with E-state index >= 15 is 0 Å². The lowest BCUT2D eigenvalue weighted by Gasteiger charge is -2.10. The highest BCUT2D eigenvalue weighted by Gasteiger charge is 2.14. The summed E-state index contributed by atoms with van der Waals surface area (Å²) < 4.78 is 16.3. The summed E-state index contributed by atoms with van der Waals surface area (Å²) in [7, 11) is 3.12. The van der Waals surface area contributed by atoms with Crippen LogP contribution >= 0.6 is 0 Å². The highest BCUT2D eigenvalue weighted by molar-refractivity contribution is 6.00. The zero-order valence-corrected chi connectivity index (χ0v) is 15.6. The van der Waals surface area contributed by atoms with Gasteiger partial charge in [0.25, 0.3) is 0 Å². The van der Waals surface area contributed by atoms with Gasteiger partial charge in [-0.15, -0.1) is 0 Å². The molecule has 0 aliphatic carbocycles. The number of hydrogen-bond acceptors (Lipinski definition) is 5. The first-order valence-electron chi connectivity index (χ1n) is 8.87. The highest BCUT2D eigenvalue weighted by Crippen LogP contribution is 2.28. The highest BCUT2D eigenvalue weighted by atomic mass is 16.5.